The van der Waals surface area contributed by atoms with Crippen LogP contribution in [0.5, 0.6) is 5.75 Å². The average molecular weight is 480 g/mol. The van der Waals surface area contributed by atoms with Crippen LogP contribution in [0, 0.1) is 3.57 Å². The van der Waals surface area contributed by atoms with E-state index >= 15 is 0 Å². The summed E-state index contributed by atoms with van der Waals surface area (Å²) < 4.78 is 6.72. The van der Waals surface area contributed by atoms with Gasteiger partial charge < -0.3 is 15.0 Å². The first kappa shape index (κ1) is 21.2. The number of rotatable bonds is 9. The zero-order valence-electron chi connectivity index (χ0n) is 15.7. The summed E-state index contributed by atoms with van der Waals surface area (Å²) in [4.78, 5) is 26.8. The van der Waals surface area contributed by atoms with Gasteiger partial charge >= 0.3 is 0 Å². The molecule has 0 bridgehead atoms. The van der Waals surface area contributed by atoms with E-state index in [1.807, 2.05) is 61.5 Å². The molecule has 0 heterocycles. The molecule has 2 aromatic carbocycles. The van der Waals surface area contributed by atoms with Gasteiger partial charge in [-0.3, -0.25) is 9.59 Å². The maximum Gasteiger partial charge on any atom is 0.261 e. The molecule has 5 nitrogen and oxygen atoms in total. The number of hydrogen-bond donors (Lipinski definition) is 1. The van der Waals surface area contributed by atoms with E-state index in [0.29, 0.717) is 18.8 Å². The van der Waals surface area contributed by atoms with Crippen LogP contribution in [0.2, 0.25) is 0 Å². The van der Waals surface area contributed by atoms with Crippen LogP contribution in [0.15, 0.2) is 54.6 Å². The highest BCUT2D eigenvalue weighted by molar-refractivity contribution is 14.1. The summed E-state index contributed by atoms with van der Waals surface area (Å²) in [5.41, 5.74) is 0.968. The van der Waals surface area contributed by atoms with Crippen molar-refractivity contribution < 1.29 is 14.3 Å². The second-order valence-electron chi connectivity index (χ2n) is 6.22. The molecule has 0 saturated heterocycles. The maximum atomic E-state index is 12.8. The Morgan fingerprint density at radius 3 is 2.41 bits per heavy atom. The molecule has 6 heteroatoms. The van der Waals surface area contributed by atoms with Crippen molar-refractivity contribution in [3.63, 3.8) is 0 Å². The Labute approximate surface area is 174 Å². The second-order valence-corrected chi connectivity index (χ2v) is 7.46. The fourth-order valence-corrected chi connectivity index (χ4v) is 2.88. The summed E-state index contributed by atoms with van der Waals surface area (Å²) in [7, 11) is 0. The Morgan fingerprint density at radius 1 is 1.11 bits per heavy atom. The summed E-state index contributed by atoms with van der Waals surface area (Å²) in [5, 5.41) is 2.86. The lowest BCUT2D eigenvalue weighted by Crippen LogP contribution is -2.49. The summed E-state index contributed by atoms with van der Waals surface area (Å²) >= 11 is 2.21. The molecule has 0 aliphatic heterocycles. The first-order valence-electron chi connectivity index (χ1n) is 9.00. The number of amides is 2. The summed E-state index contributed by atoms with van der Waals surface area (Å²) in [6.07, 6.45) is 0.848. The number of halogens is 1. The monoisotopic (exact) mass is 480 g/mol. The lowest BCUT2D eigenvalue weighted by Gasteiger charge is -2.28. The normalized spacial score (nSPS) is 11.5. The van der Waals surface area contributed by atoms with Gasteiger partial charge in [0.05, 0.1) is 0 Å². The van der Waals surface area contributed by atoms with E-state index in [0.717, 1.165) is 15.6 Å². The Kier molecular flexibility index (Phi) is 8.57. The van der Waals surface area contributed by atoms with Crippen molar-refractivity contribution in [1.82, 2.24) is 10.2 Å². The molecule has 0 fully saturated rings. The largest absolute Gasteiger partial charge is 0.484 e. The van der Waals surface area contributed by atoms with E-state index in [2.05, 4.69) is 27.9 Å². The average Bonchev–Trinajstić information content (AvgIpc) is 2.69. The molecule has 2 amide bonds. The molecule has 0 aromatic heterocycles. The molecular formula is C21H25IN2O3. The van der Waals surface area contributed by atoms with Gasteiger partial charge in [-0.25, -0.2) is 0 Å². The van der Waals surface area contributed by atoms with Crippen molar-refractivity contribution in [2.24, 2.45) is 0 Å². The lowest BCUT2D eigenvalue weighted by atomic mass is 10.1. The van der Waals surface area contributed by atoms with Crippen LogP contribution in [0.3, 0.4) is 0 Å². The fraction of sp³-hybridized carbons (Fsp3) is 0.333. The SMILES string of the molecule is CCCNC(=O)C(C)N(Cc1ccccc1)C(=O)COc1ccc(I)cc1. The standard InChI is InChI=1S/C21H25IN2O3/c1-3-13-23-21(26)16(2)24(14-17-7-5-4-6-8-17)20(25)15-27-19-11-9-18(22)10-12-19/h4-12,16H,3,13-15H2,1-2H3,(H,23,26). The van der Waals surface area contributed by atoms with Gasteiger partial charge in [-0.15, -0.1) is 0 Å². The minimum absolute atomic E-state index is 0.112. The Morgan fingerprint density at radius 2 is 1.78 bits per heavy atom. The molecule has 1 unspecified atom stereocenters. The smallest absolute Gasteiger partial charge is 0.261 e. The quantitative estimate of drug-likeness (QED) is 0.558. The van der Waals surface area contributed by atoms with Crippen molar-refractivity contribution in [3.8, 4) is 5.75 Å². The van der Waals surface area contributed by atoms with Crippen molar-refractivity contribution >= 4 is 34.4 Å². The van der Waals surface area contributed by atoms with Crippen LogP contribution in [0.4, 0.5) is 0 Å². The number of nitrogens with zero attached hydrogens (tertiary/aromatic N) is 1. The van der Waals surface area contributed by atoms with Crippen LogP contribution >= 0.6 is 22.6 Å². The molecular weight excluding hydrogens is 455 g/mol. The van der Waals surface area contributed by atoms with E-state index in [-0.39, 0.29) is 18.4 Å². The topological polar surface area (TPSA) is 58.6 Å². The number of nitrogens with one attached hydrogen (secondary N) is 1. The number of carbonyl (C=O) groups is 2. The van der Waals surface area contributed by atoms with Gasteiger partial charge in [0, 0.05) is 16.7 Å². The van der Waals surface area contributed by atoms with Crippen molar-refractivity contribution in [1.29, 1.82) is 0 Å². The highest BCUT2D eigenvalue weighted by atomic mass is 127. The van der Waals surface area contributed by atoms with Crippen LogP contribution in [0.25, 0.3) is 0 Å². The number of carbonyl (C=O) groups excluding carboxylic acids is 2. The van der Waals surface area contributed by atoms with Crippen molar-refractivity contribution in [3.05, 3.63) is 63.7 Å². The second kappa shape index (κ2) is 10.9. The first-order valence-corrected chi connectivity index (χ1v) is 10.1. The minimum Gasteiger partial charge on any atom is -0.484 e. The van der Waals surface area contributed by atoms with Crippen LogP contribution in [-0.2, 0) is 16.1 Å². The molecule has 0 radical (unpaired) electrons. The summed E-state index contributed by atoms with van der Waals surface area (Å²) in [6, 6.07) is 16.6. The van der Waals surface area contributed by atoms with Gasteiger partial charge in [0.1, 0.15) is 11.8 Å². The zero-order chi connectivity index (χ0) is 19.6. The van der Waals surface area contributed by atoms with Crippen LogP contribution in [-0.4, -0.2) is 35.9 Å². The van der Waals surface area contributed by atoms with E-state index in [9.17, 15) is 9.59 Å². The maximum absolute atomic E-state index is 12.8. The first-order chi connectivity index (χ1) is 13.0. The van der Waals surface area contributed by atoms with Gasteiger partial charge in [0.25, 0.3) is 5.91 Å². The molecule has 0 saturated carbocycles. The van der Waals surface area contributed by atoms with Crippen molar-refractivity contribution in [2.45, 2.75) is 32.9 Å². The number of benzene rings is 2. The van der Waals surface area contributed by atoms with Crippen molar-refractivity contribution in [2.75, 3.05) is 13.2 Å². The minimum atomic E-state index is -0.579. The van der Waals surface area contributed by atoms with Gasteiger partial charge in [0.15, 0.2) is 6.61 Å². The predicted octanol–water partition coefficient (Wildman–Crippen LogP) is 3.61. The molecule has 1 atom stereocenters. The van der Waals surface area contributed by atoms with Gasteiger partial charge in [0.2, 0.25) is 5.91 Å². The molecule has 2 rings (SSSR count). The highest BCUT2D eigenvalue weighted by Crippen LogP contribution is 2.15. The summed E-state index contributed by atoms with van der Waals surface area (Å²) in [6.45, 7) is 4.58. The number of ether oxygens (including phenoxy) is 1. The van der Waals surface area contributed by atoms with Gasteiger partial charge in [-0.1, -0.05) is 37.3 Å². The molecule has 0 spiro atoms. The Bertz CT molecular complexity index is 735. The van der Waals surface area contributed by atoms with Gasteiger partial charge in [-0.2, -0.15) is 0 Å². The van der Waals surface area contributed by atoms with Crippen LogP contribution in [0.1, 0.15) is 25.8 Å². The van der Waals surface area contributed by atoms with E-state index in [4.69, 9.17) is 4.74 Å². The highest BCUT2D eigenvalue weighted by Gasteiger charge is 2.26. The molecule has 1 N–H and O–H groups in total. The third kappa shape index (κ3) is 6.86. The third-order valence-corrected chi connectivity index (χ3v) is 4.81. The van der Waals surface area contributed by atoms with E-state index < -0.39 is 6.04 Å². The Balaban J connectivity index is 2.08. The molecule has 27 heavy (non-hydrogen) atoms. The molecule has 0 aliphatic rings. The fourth-order valence-electron chi connectivity index (χ4n) is 2.52. The van der Waals surface area contributed by atoms with E-state index in [1.165, 1.54) is 0 Å². The zero-order valence-corrected chi connectivity index (χ0v) is 17.8. The molecule has 0 aliphatic carbocycles. The predicted molar refractivity (Wildman–Crippen MR) is 114 cm³/mol. The third-order valence-electron chi connectivity index (χ3n) is 4.09. The lowest BCUT2D eigenvalue weighted by molar-refractivity contribution is -0.142. The van der Waals surface area contributed by atoms with E-state index in [1.54, 1.807) is 11.8 Å². The number of hydrogen-bond acceptors (Lipinski definition) is 3. The Hall–Kier alpha value is -2.09. The van der Waals surface area contributed by atoms with Gasteiger partial charge in [-0.05, 0) is 65.8 Å². The molecule has 2 aromatic rings. The summed E-state index contributed by atoms with van der Waals surface area (Å²) in [5.74, 6) is 0.249. The van der Waals surface area contributed by atoms with Crippen LogP contribution < -0.4 is 10.1 Å². The molecule has 144 valence electrons.